The van der Waals surface area contributed by atoms with Crippen molar-refractivity contribution in [3.8, 4) is 0 Å². The zero-order chi connectivity index (χ0) is 17.5. The van der Waals surface area contributed by atoms with E-state index in [1.807, 2.05) is 30.3 Å². The van der Waals surface area contributed by atoms with Crippen LogP contribution in [0.15, 0.2) is 30.3 Å². The van der Waals surface area contributed by atoms with Gasteiger partial charge in [0.05, 0.1) is 7.11 Å². The van der Waals surface area contributed by atoms with E-state index in [2.05, 4.69) is 5.32 Å². The fraction of sp³-hybridized carbons (Fsp3) is 0.471. The summed E-state index contributed by atoms with van der Waals surface area (Å²) in [5.41, 5.74) is 0.858. The number of alkyl carbamates (subject to hydrolysis) is 1. The van der Waals surface area contributed by atoms with Crippen molar-refractivity contribution in [2.45, 2.75) is 38.5 Å². The van der Waals surface area contributed by atoms with Gasteiger partial charge in [0.25, 0.3) is 0 Å². The van der Waals surface area contributed by atoms with E-state index in [9.17, 15) is 14.4 Å². The number of nitrogens with zero attached hydrogens (tertiary/aromatic N) is 1. The number of carbonyl (C=O) groups excluding carboxylic acids is 3. The standard InChI is InChI=1S/C17H22N2O5/c1-12(15(20)19-10-6-9-14(19)16(21)23-2)18-17(22)24-11-13-7-4-3-5-8-13/h3-5,7-8,12,14H,6,9-11H2,1-2H3,(H,18,22)/t12-,14-/m0/s1. The van der Waals surface area contributed by atoms with E-state index in [1.165, 1.54) is 12.0 Å². The summed E-state index contributed by atoms with van der Waals surface area (Å²) in [7, 11) is 1.30. The maximum atomic E-state index is 12.4. The van der Waals surface area contributed by atoms with Gasteiger partial charge >= 0.3 is 12.1 Å². The number of hydrogen-bond donors (Lipinski definition) is 1. The summed E-state index contributed by atoms with van der Waals surface area (Å²) < 4.78 is 9.81. The summed E-state index contributed by atoms with van der Waals surface area (Å²) in [6, 6.07) is 7.90. The van der Waals surface area contributed by atoms with Crippen molar-refractivity contribution in [2.75, 3.05) is 13.7 Å². The van der Waals surface area contributed by atoms with E-state index in [0.29, 0.717) is 13.0 Å². The topological polar surface area (TPSA) is 84.9 Å². The average Bonchev–Trinajstić information content (AvgIpc) is 3.09. The van der Waals surface area contributed by atoms with Crippen molar-refractivity contribution in [1.82, 2.24) is 10.2 Å². The molecular weight excluding hydrogens is 312 g/mol. The lowest BCUT2D eigenvalue weighted by Crippen LogP contribution is -2.50. The highest BCUT2D eigenvalue weighted by atomic mass is 16.5. The second-order valence-corrected chi connectivity index (χ2v) is 5.64. The third-order valence-electron chi connectivity index (χ3n) is 3.93. The number of methoxy groups -OCH3 is 1. The lowest BCUT2D eigenvalue weighted by atomic mass is 10.2. The molecule has 7 nitrogen and oxygen atoms in total. The van der Waals surface area contributed by atoms with Gasteiger partial charge in [-0.2, -0.15) is 0 Å². The second kappa shape index (κ2) is 8.33. The normalized spacial score (nSPS) is 17.9. The van der Waals surface area contributed by atoms with Crippen molar-refractivity contribution in [2.24, 2.45) is 0 Å². The number of hydrogen-bond acceptors (Lipinski definition) is 5. The van der Waals surface area contributed by atoms with E-state index >= 15 is 0 Å². The molecule has 0 radical (unpaired) electrons. The first kappa shape index (κ1) is 17.8. The molecule has 0 saturated carbocycles. The van der Waals surface area contributed by atoms with Crippen molar-refractivity contribution < 1.29 is 23.9 Å². The minimum Gasteiger partial charge on any atom is -0.467 e. The Balaban J connectivity index is 1.84. The van der Waals surface area contributed by atoms with Gasteiger partial charge in [0, 0.05) is 6.54 Å². The predicted octanol–water partition coefficient (Wildman–Crippen LogP) is 1.47. The molecule has 1 aromatic carbocycles. The van der Waals surface area contributed by atoms with Crippen LogP contribution in [0.2, 0.25) is 0 Å². The molecule has 1 aromatic rings. The number of nitrogens with one attached hydrogen (secondary N) is 1. The highest BCUT2D eigenvalue weighted by Gasteiger charge is 2.37. The molecule has 1 aliphatic rings. The Labute approximate surface area is 140 Å². The third kappa shape index (κ3) is 4.47. The lowest BCUT2D eigenvalue weighted by Gasteiger charge is -2.26. The Hall–Kier alpha value is -2.57. The predicted molar refractivity (Wildman–Crippen MR) is 86.0 cm³/mol. The van der Waals surface area contributed by atoms with Gasteiger partial charge in [0.15, 0.2) is 0 Å². The molecule has 0 unspecified atom stereocenters. The minimum absolute atomic E-state index is 0.127. The molecule has 0 aliphatic carbocycles. The van der Waals surface area contributed by atoms with E-state index in [-0.39, 0.29) is 12.5 Å². The Morgan fingerprint density at radius 2 is 2.00 bits per heavy atom. The number of benzene rings is 1. The summed E-state index contributed by atoms with van der Waals surface area (Å²) >= 11 is 0. The zero-order valence-corrected chi connectivity index (χ0v) is 13.9. The van der Waals surface area contributed by atoms with E-state index < -0.39 is 24.1 Å². The largest absolute Gasteiger partial charge is 0.467 e. The number of amides is 2. The van der Waals surface area contributed by atoms with Crippen LogP contribution in [-0.4, -0.2) is 48.6 Å². The lowest BCUT2D eigenvalue weighted by molar-refractivity contribution is -0.151. The van der Waals surface area contributed by atoms with Crippen LogP contribution in [0.25, 0.3) is 0 Å². The maximum Gasteiger partial charge on any atom is 0.408 e. The highest BCUT2D eigenvalue weighted by molar-refractivity contribution is 5.89. The monoisotopic (exact) mass is 334 g/mol. The molecule has 2 amide bonds. The molecule has 2 rings (SSSR count). The molecule has 7 heteroatoms. The molecule has 2 atom stereocenters. The van der Waals surface area contributed by atoms with Crippen molar-refractivity contribution >= 4 is 18.0 Å². The molecule has 1 N–H and O–H groups in total. The fourth-order valence-corrected chi connectivity index (χ4v) is 2.66. The molecule has 130 valence electrons. The van der Waals surface area contributed by atoms with Gasteiger partial charge in [-0.3, -0.25) is 4.79 Å². The van der Waals surface area contributed by atoms with Crippen LogP contribution in [-0.2, 0) is 25.7 Å². The van der Waals surface area contributed by atoms with E-state index in [4.69, 9.17) is 9.47 Å². The first-order valence-corrected chi connectivity index (χ1v) is 7.88. The SMILES string of the molecule is COC(=O)[C@@H]1CCCN1C(=O)[C@H](C)NC(=O)OCc1ccccc1. The van der Waals surface area contributed by atoms with Crippen LogP contribution in [0.4, 0.5) is 4.79 Å². The zero-order valence-electron chi connectivity index (χ0n) is 13.9. The molecule has 1 heterocycles. The Bertz CT molecular complexity index is 590. The second-order valence-electron chi connectivity index (χ2n) is 5.64. The van der Waals surface area contributed by atoms with E-state index in [1.54, 1.807) is 6.92 Å². The smallest absolute Gasteiger partial charge is 0.408 e. The van der Waals surface area contributed by atoms with E-state index in [0.717, 1.165) is 12.0 Å². The number of esters is 1. The summed E-state index contributed by atoms with van der Waals surface area (Å²) in [5, 5.41) is 2.50. The quantitative estimate of drug-likeness (QED) is 0.824. The van der Waals surface area contributed by atoms with Crippen LogP contribution in [0.5, 0.6) is 0 Å². The molecule has 1 fully saturated rings. The number of rotatable bonds is 5. The van der Waals surface area contributed by atoms with Gasteiger partial charge < -0.3 is 19.7 Å². The summed E-state index contributed by atoms with van der Waals surface area (Å²) in [6.07, 6.45) is 0.633. The van der Waals surface area contributed by atoms with Gasteiger partial charge in [-0.1, -0.05) is 30.3 Å². The van der Waals surface area contributed by atoms with Gasteiger partial charge in [-0.25, -0.2) is 9.59 Å². The molecule has 1 aliphatic heterocycles. The van der Waals surface area contributed by atoms with Crippen molar-refractivity contribution in [3.63, 3.8) is 0 Å². The number of ether oxygens (including phenoxy) is 2. The molecule has 0 bridgehead atoms. The summed E-state index contributed by atoms with van der Waals surface area (Å²) in [4.78, 5) is 37.4. The highest BCUT2D eigenvalue weighted by Crippen LogP contribution is 2.19. The van der Waals surface area contributed by atoms with Crippen molar-refractivity contribution in [3.05, 3.63) is 35.9 Å². The van der Waals surface area contributed by atoms with Gasteiger partial charge in [-0.15, -0.1) is 0 Å². The van der Waals surface area contributed by atoms with Gasteiger partial charge in [0.1, 0.15) is 18.7 Å². The minimum atomic E-state index is -0.779. The summed E-state index contributed by atoms with van der Waals surface area (Å²) in [5.74, 6) is -0.751. The molecular formula is C17H22N2O5. The molecule has 0 spiro atoms. The van der Waals surface area contributed by atoms with Crippen LogP contribution in [0.1, 0.15) is 25.3 Å². The Morgan fingerprint density at radius 1 is 1.29 bits per heavy atom. The Kier molecular flexibility index (Phi) is 6.17. The molecule has 1 saturated heterocycles. The van der Waals surface area contributed by atoms with Crippen LogP contribution >= 0.6 is 0 Å². The van der Waals surface area contributed by atoms with Gasteiger partial charge in [-0.05, 0) is 25.3 Å². The van der Waals surface area contributed by atoms with Gasteiger partial charge in [0.2, 0.25) is 5.91 Å². The first-order chi connectivity index (χ1) is 11.5. The molecule has 0 aromatic heterocycles. The average molecular weight is 334 g/mol. The van der Waals surface area contributed by atoms with Crippen LogP contribution in [0, 0.1) is 0 Å². The Morgan fingerprint density at radius 3 is 2.67 bits per heavy atom. The number of likely N-dealkylation sites (tertiary alicyclic amines) is 1. The van der Waals surface area contributed by atoms with Crippen LogP contribution in [0.3, 0.4) is 0 Å². The third-order valence-corrected chi connectivity index (χ3v) is 3.93. The molecule has 24 heavy (non-hydrogen) atoms. The van der Waals surface area contributed by atoms with Crippen molar-refractivity contribution in [1.29, 1.82) is 0 Å². The maximum absolute atomic E-state index is 12.4. The van der Waals surface area contributed by atoms with Crippen LogP contribution < -0.4 is 5.32 Å². The first-order valence-electron chi connectivity index (χ1n) is 7.88. The number of carbonyl (C=O) groups is 3. The summed E-state index contributed by atoms with van der Waals surface area (Å²) in [6.45, 7) is 2.17. The fourth-order valence-electron chi connectivity index (χ4n) is 2.66.